The molecule has 0 radical (unpaired) electrons. The molecule has 0 heterocycles. The van der Waals surface area contributed by atoms with Gasteiger partial charge in [-0.25, -0.2) is 0 Å². The number of hydrogen-bond donors (Lipinski definition) is 0. The molecule has 0 aliphatic heterocycles. The van der Waals surface area contributed by atoms with Crippen LogP contribution in [0.15, 0.2) is 0 Å². The highest BCUT2D eigenvalue weighted by Crippen LogP contribution is 2.25. The van der Waals surface area contributed by atoms with Gasteiger partial charge in [-0.3, -0.25) is 4.79 Å². The first-order valence-electron chi connectivity index (χ1n) is 8.68. The van der Waals surface area contributed by atoms with Gasteiger partial charge in [0.2, 0.25) is 0 Å². The van der Waals surface area contributed by atoms with Gasteiger partial charge in [-0.2, -0.15) is 0 Å². The van der Waals surface area contributed by atoms with Crippen molar-refractivity contribution in [2.24, 2.45) is 5.41 Å². The Balaban J connectivity index is 4.31. The maximum Gasteiger partial charge on any atom is 0.311 e. The molecule has 0 saturated carbocycles. The SMILES string of the molecule is CCC(C)(C)C(=O)OCCC[Si](C)(C)O[Si](C)(C)O[Si](C)(C)C. The van der Waals surface area contributed by atoms with Crippen LogP contribution in [0.3, 0.4) is 0 Å². The fourth-order valence-corrected chi connectivity index (χ4v) is 15.6. The molecule has 0 aliphatic rings. The lowest BCUT2D eigenvalue weighted by Crippen LogP contribution is -2.51. The van der Waals surface area contributed by atoms with E-state index in [1.165, 1.54) is 0 Å². The number of rotatable bonds is 10. The van der Waals surface area contributed by atoms with Crippen molar-refractivity contribution >= 4 is 31.2 Å². The molecule has 0 aromatic rings. The van der Waals surface area contributed by atoms with Crippen LogP contribution in [0.25, 0.3) is 0 Å². The van der Waals surface area contributed by atoms with Gasteiger partial charge in [-0.15, -0.1) is 0 Å². The highest BCUT2D eigenvalue weighted by Gasteiger charge is 2.37. The Labute approximate surface area is 146 Å². The van der Waals surface area contributed by atoms with Gasteiger partial charge in [0.1, 0.15) is 0 Å². The Kier molecular flexibility index (Phi) is 8.44. The Morgan fingerprint density at radius 1 is 0.957 bits per heavy atom. The molecule has 0 bridgehead atoms. The third-order valence-electron chi connectivity index (χ3n) is 3.67. The fourth-order valence-electron chi connectivity index (χ4n) is 2.48. The second-order valence-electron chi connectivity index (χ2n) is 8.95. The van der Waals surface area contributed by atoms with Gasteiger partial charge in [0.05, 0.1) is 12.0 Å². The van der Waals surface area contributed by atoms with Crippen molar-refractivity contribution in [1.29, 1.82) is 0 Å². The van der Waals surface area contributed by atoms with Crippen LogP contribution in [-0.4, -0.2) is 37.8 Å². The first kappa shape index (κ1) is 23.0. The molecule has 0 aromatic carbocycles. The van der Waals surface area contributed by atoms with E-state index < -0.39 is 25.2 Å². The first-order chi connectivity index (χ1) is 10.1. The molecule has 138 valence electrons. The average Bonchev–Trinajstić information content (AvgIpc) is 2.29. The Morgan fingerprint density at radius 2 is 1.48 bits per heavy atom. The summed E-state index contributed by atoms with van der Waals surface area (Å²) in [5, 5.41) is 0. The zero-order chi connectivity index (χ0) is 18.5. The minimum Gasteiger partial charge on any atom is -0.465 e. The molecule has 0 rings (SSSR count). The van der Waals surface area contributed by atoms with Crippen molar-refractivity contribution in [3.05, 3.63) is 0 Å². The van der Waals surface area contributed by atoms with Crippen LogP contribution in [-0.2, 0) is 17.8 Å². The fraction of sp³-hybridized carbons (Fsp3) is 0.938. The molecule has 0 spiro atoms. The van der Waals surface area contributed by atoms with Crippen LogP contribution in [0.1, 0.15) is 33.6 Å². The summed E-state index contributed by atoms with van der Waals surface area (Å²) in [7, 11) is -5.45. The molecule has 0 aromatic heterocycles. The van der Waals surface area contributed by atoms with Gasteiger partial charge in [0.15, 0.2) is 16.6 Å². The van der Waals surface area contributed by atoms with E-state index in [4.69, 9.17) is 13.0 Å². The molecule has 23 heavy (non-hydrogen) atoms. The van der Waals surface area contributed by atoms with E-state index in [-0.39, 0.29) is 11.4 Å². The summed E-state index contributed by atoms with van der Waals surface area (Å²) in [6, 6.07) is 0.984. The third-order valence-corrected chi connectivity index (χ3v) is 13.8. The van der Waals surface area contributed by atoms with Gasteiger partial charge in [0, 0.05) is 0 Å². The summed E-state index contributed by atoms with van der Waals surface area (Å²) < 4.78 is 18.1. The predicted molar refractivity (Wildman–Crippen MR) is 105 cm³/mol. The summed E-state index contributed by atoms with van der Waals surface area (Å²) in [6.07, 6.45) is 1.66. The van der Waals surface area contributed by atoms with Crippen molar-refractivity contribution in [2.45, 2.75) is 85.5 Å². The quantitative estimate of drug-likeness (QED) is 0.300. The lowest BCUT2D eigenvalue weighted by Gasteiger charge is -2.37. The van der Waals surface area contributed by atoms with Crippen LogP contribution in [0.4, 0.5) is 0 Å². The highest BCUT2D eigenvalue weighted by molar-refractivity contribution is 6.87. The van der Waals surface area contributed by atoms with Crippen molar-refractivity contribution in [2.75, 3.05) is 6.61 Å². The van der Waals surface area contributed by atoms with E-state index in [2.05, 4.69) is 45.8 Å². The molecule has 4 nitrogen and oxygen atoms in total. The predicted octanol–water partition coefficient (Wildman–Crippen LogP) is 5.13. The molecule has 0 fully saturated rings. The minimum absolute atomic E-state index is 0.0999. The average molecular weight is 379 g/mol. The normalized spacial score (nSPS) is 14.0. The van der Waals surface area contributed by atoms with E-state index in [1.54, 1.807) is 0 Å². The lowest BCUT2D eigenvalue weighted by atomic mass is 9.91. The van der Waals surface area contributed by atoms with Gasteiger partial charge < -0.3 is 13.0 Å². The second-order valence-corrected chi connectivity index (χ2v) is 21.6. The zero-order valence-electron chi connectivity index (χ0n) is 17.0. The minimum atomic E-state index is -2.08. The summed E-state index contributed by atoms with van der Waals surface area (Å²) in [6.45, 7) is 21.7. The maximum absolute atomic E-state index is 12.0. The summed E-state index contributed by atoms with van der Waals surface area (Å²) in [4.78, 5) is 12.0. The van der Waals surface area contributed by atoms with E-state index in [1.807, 2.05) is 20.8 Å². The van der Waals surface area contributed by atoms with Crippen LogP contribution in [0.5, 0.6) is 0 Å². The van der Waals surface area contributed by atoms with E-state index in [0.29, 0.717) is 6.61 Å². The Morgan fingerprint density at radius 3 is 1.91 bits per heavy atom. The van der Waals surface area contributed by atoms with Crippen LogP contribution < -0.4 is 0 Å². The third kappa shape index (κ3) is 10.5. The molecule has 7 heteroatoms. The Bertz CT molecular complexity index is 387. The largest absolute Gasteiger partial charge is 0.465 e. The monoisotopic (exact) mass is 378 g/mol. The maximum atomic E-state index is 12.0. The number of carbonyl (C=O) groups excluding carboxylic acids is 1. The van der Waals surface area contributed by atoms with Gasteiger partial charge >= 0.3 is 14.5 Å². The standard InChI is InChI=1S/C16H38O4Si3/c1-11-16(2,3)15(17)18-13-12-14-22(7,8)20-23(9,10)19-21(4,5)6/h11-14H2,1-10H3. The number of ether oxygens (including phenoxy) is 1. The van der Waals surface area contributed by atoms with Gasteiger partial charge in [-0.1, -0.05) is 6.92 Å². The summed E-state index contributed by atoms with van der Waals surface area (Å²) >= 11 is 0. The van der Waals surface area contributed by atoms with Gasteiger partial charge in [-0.05, 0) is 78.6 Å². The second kappa shape index (κ2) is 8.42. The van der Waals surface area contributed by atoms with Crippen LogP contribution >= 0.6 is 0 Å². The lowest BCUT2D eigenvalue weighted by molar-refractivity contribution is -0.154. The van der Waals surface area contributed by atoms with Crippen LogP contribution in [0, 0.1) is 5.41 Å². The molecule has 0 aliphatic carbocycles. The Hall–Kier alpha value is 0.0406. The molecule has 0 saturated heterocycles. The first-order valence-corrected chi connectivity index (χ1v) is 18.0. The topological polar surface area (TPSA) is 44.8 Å². The van der Waals surface area contributed by atoms with Crippen molar-refractivity contribution in [1.82, 2.24) is 0 Å². The molecule has 0 atom stereocenters. The van der Waals surface area contributed by atoms with Crippen LogP contribution in [0.2, 0.25) is 51.9 Å². The number of esters is 1. The molecular formula is C16H38O4Si3. The summed E-state index contributed by atoms with van der Waals surface area (Å²) in [5.74, 6) is -0.0999. The van der Waals surface area contributed by atoms with E-state index in [9.17, 15) is 4.79 Å². The molecule has 0 amide bonds. The van der Waals surface area contributed by atoms with E-state index >= 15 is 0 Å². The molecular weight excluding hydrogens is 340 g/mol. The highest BCUT2D eigenvalue weighted by atomic mass is 28.5. The summed E-state index contributed by atoms with van der Waals surface area (Å²) in [5.41, 5.74) is -0.385. The zero-order valence-corrected chi connectivity index (χ0v) is 20.0. The number of carbonyl (C=O) groups is 1. The number of hydrogen-bond acceptors (Lipinski definition) is 4. The van der Waals surface area contributed by atoms with E-state index in [0.717, 1.165) is 18.9 Å². The molecule has 0 N–H and O–H groups in total. The smallest absolute Gasteiger partial charge is 0.311 e. The molecule has 0 unspecified atom stereocenters. The van der Waals surface area contributed by atoms with Gasteiger partial charge in [0.25, 0.3) is 0 Å². The van der Waals surface area contributed by atoms with Crippen molar-refractivity contribution < 1.29 is 17.8 Å². The van der Waals surface area contributed by atoms with Crippen molar-refractivity contribution in [3.8, 4) is 0 Å². The van der Waals surface area contributed by atoms with Crippen molar-refractivity contribution in [3.63, 3.8) is 0 Å².